The lowest BCUT2D eigenvalue weighted by molar-refractivity contribution is -0.150. The fourth-order valence-electron chi connectivity index (χ4n) is 3.93. The largest absolute Gasteiger partial charge is 0.477 e. The van der Waals surface area contributed by atoms with Crippen molar-refractivity contribution in [2.45, 2.75) is 11.4 Å². The van der Waals surface area contributed by atoms with Crippen molar-refractivity contribution in [3.8, 4) is 0 Å². The van der Waals surface area contributed by atoms with Gasteiger partial charge in [-0.3, -0.25) is 14.5 Å². The lowest BCUT2D eigenvalue weighted by Gasteiger charge is -2.49. The number of nitrogens with one attached hydrogen (secondary N) is 1. The van der Waals surface area contributed by atoms with Crippen molar-refractivity contribution in [1.29, 1.82) is 0 Å². The zero-order valence-corrected chi connectivity index (χ0v) is 21.1. The number of hydrogen-bond donors (Lipinski definition) is 3. The molecule has 4 heterocycles. The third kappa shape index (κ3) is 5.10. The molecule has 16 heteroatoms. The minimum absolute atomic E-state index is 0.164. The Balaban J connectivity index is 1.43. The molecule has 0 radical (unpaired) electrons. The van der Waals surface area contributed by atoms with Gasteiger partial charge in [0, 0.05) is 42.9 Å². The molecule has 0 spiro atoms. The average molecular weight is 540 g/mol. The Hall–Kier alpha value is -3.37. The van der Waals surface area contributed by atoms with Gasteiger partial charge in [-0.25, -0.2) is 14.6 Å². The first kappa shape index (κ1) is 25.7. The first-order chi connectivity index (χ1) is 17.2. The van der Waals surface area contributed by atoms with E-state index in [0.29, 0.717) is 18.7 Å². The summed E-state index contributed by atoms with van der Waals surface area (Å²) in [7, 11) is 3.22. The van der Waals surface area contributed by atoms with Crippen molar-refractivity contribution >= 4 is 57.8 Å². The van der Waals surface area contributed by atoms with Gasteiger partial charge in [0.1, 0.15) is 36.5 Å². The van der Waals surface area contributed by atoms with E-state index in [1.807, 2.05) is 7.05 Å². The van der Waals surface area contributed by atoms with Crippen LogP contribution in [0.2, 0.25) is 0 Å². The van der Waals surface area contributed by atoms with E-state index in [4.69, 9.17) is 15.3 Å². The molecule has 2 fully saturated rings. The van der Waals surface area contributed by atoms with Crippen LogP contribution in [0, 0.1) is 0 Å². The van der Waals surface area contributed by atoms with Crippen LogP contribution in [-0.2, 0) is 24.0 Å². The molecule has 2 unspecified atom stereocenters. The number of carbonyl (C=O) groups excluding carboxylic acids is 3. The number of nitrogens with two attached hydrogens (primary N) is 1. The number of piperazine rings is 1. The summed E-state index contributed by atoms with van der Waals surface area (Å²) in [4.78, 5) is 63.7. The van der Waals surface area contributed by atoms with Gasteiger partial charge in [0.25, 0.3) is 11.8 Å². The smallest absolute Gasteiger partial charge is 0.410 e. The Kier molecular flexibility index (Phi) is 7.65. The molecular weight excluding hydrogens is 514 g/mol. The van der Waals surface area contributed by atoms with Gasteiger partial charge in [0.05, 0.1) is 0 Å². The highest BCUT2D eigenvalue weighted by Crippen LogP contribution is 2.40. The Morgan fingerprint density at radius 1 is 1.31 bits per heavy atom. The number of thioether (sulfide) groups is 1. The topological polar surface area (TPSA) is 180 Å². The number of carboxylic acids is 1. The maximum Gasteiger partial charge on any atom is 0.410 e. The van der Waals surface area contributed by atoms with Crippen molar-refractivity contribution in [2.75, 3.05) is 58.4 Å². The number of amides is 3. The number of aromatic nitrogens is 1. The summed E-state index contributed by atoms with van der Waals surface area (Å²) >= 11 is 2.37. The quantitative estimate of drug-likeness (QED) is 0.224. The normalized spacial score (nSPS) is 22.6. The van der Waals surface area contributed by atoms with E-state index in [1.54, 1.807) is 4.90 Å². The third-order valence-electron chi connectivity index (χ3n) is 5.83. The maximum absolute atomic E-state index is 12.9. The lowest BCUT2D eigenvalue weighted by atomic mass is 10.0. The first-order valence-corrected chi connectivity index (χ1v) is 12.8. The molecule has 1 aromatic rings. The van der Waals surface area contributed by atoms with Gasteiger partial charge < -0.3 is 35.5 Å². The number of β-lactam (4-membered cyclic amide) rings is 1. The van der Waals surface area contributed by atoms with E-state index in [9.17, 15) is 24.3 Å². The van der Waals surface area contributed by atoms with Crippen molar-refractivity contribution in [2.24, 2.45) is 5.16 Å². The van der Waals surface area contributed by atoms with Gasteiger partial charge in [0.2, 0.25) is 0 Å². The molecule has 3 aliphatic rings. The molecule has 0 aromatic carbocycles. The maximum atomic E-state index is 12.9. The second-order valence-corrected chi connectivity index (χ2v) is 10.2. The molecule has 3 aliphatic heterocycles. The lowest BCUT2D eigenvalue weighted by Crippen LogP contribution is -2.71. The van der Waals surface area contributed by atoms with Gasteiger partial charge in [-0.1, -0.05) is 5.16 Å². The van der Waals surface area contributed by atoms with E-state index in [0.717, 1.165) is 29.3 Å². The molecule has 2 saturated heterocycles. The highest BCUT2D eigenvalue weighted by molar-refractivity contribution is 8.00. The van der Waals surface area contributed by atoms with Crippen molar-refractivity contribution in [1.82, 2.24) is 25.0 Å². The van der Waals surface area contributed by atoms with Crippen LogP contribution in [0.1, 0.15) is 5.69 Å². The first-order valence-electron chi connectivity index (χ1n) is 10.8. The molecule has 0 saturated carbocycles. The van der Waals surface area contributed by atoms with Crippen LogP contribution in [0.15, 0.2) is 21.8 Å². The molecule has 0 aliphatic carbocycles. The van der Waals surface area contributed by atoms with Gasteiger partial charge in [-0.15, -0.1) is 23.1 Å². The molecule has 3 amide bonds. The number of oxime groups is 1. The molecule has 1 aromatic heterocycles. The van der Waals surface area contributed by atoms with Crippen molar-refractivity contribution < 1.29 is 33.9 Å². The van der Waals surface area contributed by atoms with Gasteiger partial charge >= 0.3 is 12.1 Å². The van der Waals surface area contributed by atoms with E-state index in [1.165, 1.54) is 24.3 Å². The van der Waals surface area contributed by atoms with Gasteiger partial charge in [0.15, 0.2) is 10.8 Å². The highest BCUT2D eigenvalue weighted by atomic mass is 32.2. The number of carbonyl (C=O) groups is 4. The number of ether oxygens (including phenoxy) is 1. The molecule has 0 bridgehead atoms. The number of rotatable bonds is 7. The number of anilines is 1. The number of likely N-dealkylation sites (N-methyl/N-ethyl adjacent to an activating group) is 1. The van der Waals surface area contributed by atoms with Crippen LogP contribution in [0.4, 0.5) is 9.93 Å². The molecular formula is C20H25N7O7S2. The number of aliphatic carboxylic acids is 1. The molecule has 4 N–H and O–H groups in total. The van der Waals surface area contributed by atoms with Crippen LogP contribution in [0.5, 0.6) is 0 Å². The monoisotopic (exact) mass is 539 g/mol. The third-order valence-corrected chi connectivity index (χ3v) is 7.84. The highest BCUT2D eigenvalue weighted by Gasteiger charge is 2.54. The Bertz CT molecular complexity index is 1130. The van der Waals surface area contributed by atoms with E-state index >= 15 is 0 Å². The standard InChI is InChI=1S/C20H25N7O7S2/c1-25-3-5-26(6-4-25)20(32)34-7-10-8-35-17-13(16(29)27(17)14(10)18(30)31)23-15(28)12(24-33-2)11-9-36-19(21)22-11/h9,13,17H,3-8H2,1-2H3,(H2,21,22)(H,23,28)(H,30,31)/b24-12+. The second kappa shape index (κ2) is 10.7. The summed E-state index contributed by atoms with van der Waals surface area (Å²) < 4.78 is 5.36. The molecule has 2 atom stereocenters. The van der Waals surface area contributed by atoms with E-state index in [2.05, 4.69) is 20.4 Å². The van der Waals surface area contributed by atoms with Crippen LogP contribution in [0.25, 0.3) is 0 Å². The number of fused-ring (bicyclic) bond motifs is 1. The zero-order valence-electron chi connectivity index (χ0n) is 19.5. The summed E-state index contributed by atoms with van der Waals surface area (Å²) in [5.41, 5.74) is 5.72. The Morgan fingerprint density at radius 2 is 2.03 bits per heavy atom. The fourth-order valence-corrected chi connectivity index (χ4v) is 5.80. The predicted octanol–water partition coefficient (Wildman–Crippen LogP) is -0.802. The predicted molar refractivity (Wildman–Crippen MR) is 130 cm³/mol. The fraction of sp³-hybridized carbons (Fsp3) is 0.500. The minimum atomic E-state index is -1.32. The summed E-state index contributed by atoms with van der Waals surface area (Å²) in [6.45, 7) is 2.23. The molecule has 4 rings (SSSR count). The average Bonchev–Trinajstić information content (AvgIpc) is 3.29. The SMILES string of the molecule is CO/N=C(/C(=O)NC1C(=O)N2C(C(=O)O)=C(COC(=O)N3CCN(C)CC3)CSC12)c1csc(N)n1. The van der Waals surface area contributed by atoms with Gasteiger partial charge in [-0.2, -0.15) is 0 Å². The molecule has 194 valence electrons. The van der Waals surface area contributed by atoms with Crippen molar-refractivity contribution in [3.05, 3.63) is 22.3 Å². The number of hydrogen-bond acceptors (Lipinski definition) is 12. The zero-order chi connectivity index (χ0) is 26.0. The number of nitrogen functional groups attached to an aromatic ring is 1. The number of nitrogens with zero attached hydrogens (tertiary/aromatic N) is 5. The molecule has 14 nitrogen and oxygen atoms in total. The van der Waals surface area contributed by atoms with E-state index in [-0.39, 0.29) is 34.6 Å². The minimum Gasteiger partial charge on any atom is -0.477 e. The van der Waals surface area contributed by atoms with Crippen LogP contribution >= 0.6 is 23.1 Å². The Morgan fingerprint density at radius 3 is 2.64 bits per heavy atom. The van der Waals surface area contributed by atoms with Crippen LogP contribution in [0.3, 0.4) is 0 Å². The Labute approximate surface area is 214 Å². The van der Waals surface area contributed by atoms with E-state index < -0.39 is 35.3 Å². The number of thiazole rings is 1. The van der Waals surface area contributed by atoms with Crippen molar-refractivity contribution in [3.63, 3.8) is 0 Å². The van der Waals surface area contributed by atoms with Gasteiger partial charge in [-0.05, 0) is 7.05 Å². The summed E-state index contributed by atoms with van der Waals surface area (Å²) in [6.07, 6.45) is -0.528. The second-order valence-electron chi connectivity index (χ2n) is 8.16. The van der Waals surface area contributed by atoms with Crippen LogP contribution < -0.4 is 11.1 Å². The summed E-state index contributed by atoms with van der Waals surface area (Å²) in [5.74, 6) is -2.42. The molecule has 36 heavy (non-hydrogen) atoms. The van der Waals surface area contributed by atoms with Crippen LogP contribution in [-0.4, -0.2) is 118 Å². The number of carboxylic acid groups (broad SMARTS) is 1. The summed E-state index contributed by atoms with van der Waals surface area (Å²) in [5, 5.41) is 17.2. The summed E-state index contributed by atoms with van der Waals surface area (Å²) in [6, 6.07) is -0.982.